The van der Waals surface area contributed by atoms with Crippen LogP contribution in [0.5, 0.6) is 0 Å². The number of benzene rings is 1. The number of rotatable bonds is 6. The highest BCUT2D eigenvalue weighted by molar-refractivity contribution is 5.87. The molecule has 29 heavy (non-hydrogen) atoms. The summed E-state index contributed by atoms with van der Waals surface area (Å²) in [6.45, 7) is 7.06. The van der Waals surface area contributed by atoms with Crippen molar-refractivity contribution < 1.29 is 9.59 Å². The normalized spacial score (nSPS) is 15.1. The Morgan fingerprint density at radius 2 is 1.76 bits per heavy atom. The summed E-state index contributed by atoms with van der Waals surface area (Å²) >= 11 is 0. The van der Waals surface area contributed by atoms with Gasteiger partial charge in [-0.25, -0.2) is 4.79 Å². The Balaban J connectivity index is 1.51. The molecule has 1 atom stereocenters. The molecule has 7 heteroatoms. The summed E-state index contributed by atoms with van der Waals surface area (Å²) in [4.78, 5) is 33.5. The zero-order valence-electron chi connectivity index (χ0n) is 17.0. The van der Waals surface area contributed by atoms with Gasteiger partial charge in [-0.1, -0.05) is 38.1 Å². The Kier molecular flexibility index (Phi) is 7.05. The number of carbonyl (C=O) groups excluding carboxylic acids is 2. The van der Waals surface area contributed by atoms with Gasteiger partial charge in [-0.2, -0.15) is 0 Å². The third kappa shape index (κ3) is 5.70. The summed E-state index contributed by atoms with van der Waals surface area (Å²) in [6.07, 6.45) is 3.41. The molecule has 0 radical (unpaired) electrons. The van der Waals surface area contributed by atoms with Crippen molar-refractivity contribution in [2.24, 2.45) is 5.92 Å². The number of nitrogens with zero attached hydrogens (tertiary/aromatic N) is 3. The number of pyridine rings is 1. The van der Waals surface area contributed by atoms with Crippen LogP contribution in [0.1, 0.15) is 19.4 Å². The first-order chi connectivity index (χ1) is 14.0. The van der Waals surface area contributed by atoms with E-state index in [4.69, 9.17) is 0 Å². The molecule has 0 aliphatic carbocycles. The minimum absolute atomic E-state index is 0.0153. The molecule has 2 aromatic rings. The molecule has 1 fully saturated rings. The molecule has 7 nitrogen and oxygen atoms in total. The molecule has 1 aromatic carbocycles. The fraction of sp³-hybridized carbons (Fsp3) is 0.409. The molecule has 154 valence electrons. The molecule has 0 bridgehead atoms. The summed E-state index contributed by atoms with van der Waals surface area (Å²) in [7, 11) is 0. The van der Waals surface area contributed by atoms with Crippen LogP contribution < -0.4 is 15.5 Å². The van der Waals surface area contributed by atoms with Crippen LogP contribution in [0.4, 0.5) is 10.5 Å². The number of hydrogen-bond acceptors (Lipinski definition) is 4. The number of carbonyl (C=O) groups is 2. The van der Waals surface area contributed by atoms with Crippen molar-refractivity contribution in [3.8, 4) is 0 Å². The van der Waals surface area contributed by atoms with Gasteiger partial charge >= 0.3 is 6.03 Å². The molecule has 1 saturated heterocycles. The topological polar surface area (TPSA) is 77.6 Å². The van der Waals surface area contributed by atoms with Crippen LogP contribution in [0.25, 0.3) is 0 Å². The van der Waals surface area contributed by atoms with Gasteiger partial charge in [-0.15, -0.1) is 0 Å². The quantitative estimate of drug-likeness (QED) is 0.787. The Hall–Kier alpha value is -3.09. The summed E-state index contributed by atoms with van der Waals surface area (Å²) in [5, 5.41) is 5.81. The first kappa shape index (κ1) is 20.6. The van der Waals surface area contributed by atoms with E-state index >= 15 is 0 Å². The van der Waals surface area contributed by atoms with E-state index in [1.54, 1.807) is 17.3 Å². The maximum Gasteiger partial charge on any atom is 0.318 e. The second kappa shape index (κ2) is 9.91. The van der Waals surface area contributed by atoms with Crippen molar-refractivity contribution in [1.82, 2.24) is 20.5 Å². The SMILES string of the molecule is CC(C)C(NC(=O)N1CCN(c2ccccc2)CC1)C(=O)NCc1cccnc1. The Bertz CT molecular complexity index is 789. The van der Waals surface area contributed by atoms with Crippen molar-refractivity contribution in [3.05, 3.63) is 60.4 Å². The van der Waals surface area contributed by atoms with Crippen molar-refractivity contribution in [1.29, 1.82) is 0 Å². The first-order valence-electron chi connectivity index (χ1n) is 10.1. The van der Waals surface area contributed by atoms with Gasteiger partial charge < -0.3 is 20.4 Å². The van der Waals surface area contributed by atoms with Crippen molar-refractivity contribution in [3.63, 3.8) is 0 Å². The number of aromatic nitrogens is 1. The molecule has 1 aromatic heterocycles. The Morgan fingerprint density at radius 3 is 2.38 bits per heavy atom. The van der Waals surface area contributed by atoms with Crippen LogP contribution in [0, 0.1) is 5.92 Å². The van der Waals surface area contributed by atoms with Gasteiger partial charge in [0, 0.05) is 50.8 Å². The first-order valence-corrected chi connectivity index (χ1v) is 10.1. The minimum atomic E-state index is -0.577. The van der Waals surface area contributed by atoms with Crippen molar-refractivity contribution >= 4 is 17.6 Å². The zero-order valence-corrected chi connectivity index (χ0v) is 17.0. The molecular weight excluding hydrogens is 366 g/mol. The smallest absolute Gasteiger partial charge is 0.318 e. The third-order valence-electron chi connectivity index (χ3n) is 5.11. The molecule has 0 spiro atoms. The lowest BCUT2D eigenvalue weighted by Crippen LogP contribution is -2.57. The van der Waals surface area contributed by atoms with Crippen LogP contribution in [-0.2, 0) is 11.3 Å². The highest BCUT2D eigenvalue weighted by atomic mass is 16.2. The largest absolute Gasteiger partial charge is 0.368 e. The molecule has 1 aliphatic heterocycles. The molecule has 1 unspecified atom stereocenters. The summed E-state index contributed by atoms with van der Waals surface area (Å²) in [5.41, 5.74) is 2.09. The maximum atomic E-state index is 12.7. The van der Waals surface area contributed by atoms with E-state index in [0.717, 1.165) is 18.7 Å². The highest BCUT2D eigenvalue weighted by Crippen LogP contribution is 2.15. The zero-order chi connectivity index (χ0) is 20.6. The standard InChI is InChI=1S/C22H29N5O2/c1-17(2)20(21(28)24-16-18-7-6-10-23-15-18)25-22(29)27-13-11-26(12-14-27)19-8-4-3-5-9-19/h3-10,15,17,20H,11-14,16H2,1-2H3,(H,24,28)(H,25,29). The summed E-state index contributed by atoms with van der Waals surface area (Å²) < 4.78 is 0. The number of urea groups is 1. The number of anilines is 1. The molecule has 1 aliphatic rings. The monoisotopic (exact) mass is 395 g/mol. The van der Waals surface area contributed by atoms with E-state index in [2.05, 4.69) is 32.7 Å². The van der Waals surface area contributed by atoms with E-state index in [1.165, 1.54) is 5.69 Å². The van der Waals surface area contributed by atoms with Crippen LogP contribution in [0.2, 0.25) is 0 Å². The average molecular weight is 396 g/mol. The van der Waals surface area contributed by atoms with Gasteiger partial charge in [-0.05, 0) is 29.7 Å². The maximum absolute atomic E-state index is 12.7. The predicted molar refractivity (Wildman–Crippen MR) is 113 cm³/mol. The van der Waals surface area contributed by atoms with E-state index in [1.807, 2.05) is 44.2 Å². The van der Waals surface area contributed by atoms with Crippen LogP contribution in [0.15, 0.2) is 54.9 Å². The lowest BCUT2D eigenvalue weighted by atomic mass is 10.0. The number of piperazine rings is 1. The van der Waals surface area contributed by atoms with Crippen LogP contribution >= 0.6 is 0 Å². The van der Waals surface area contributed by atoms with Gasteiger partial charge in [0.25, 0.3) is 0 Å². The number of amides is 3. The van der Waals surface area contributed by atoms with E-state index in [-0.39, 0.29) is 17.9 Å². The molecule has 2 heterocycles. The second-order valence-corrected chi connectivity index (χ2v) is 7.56. The fourth-order valence-electron chi connectivity index (χ4n) is 3.37. The van der Waals surface area contributed by atoms with E-state index in [0.29, 0.717) is 19.6 Å². The lowest BCUT2D eigenvalue weighted by Gasteiger charge is -2.37. The van der Waals surface area contributed by atoms with E-state index < -0.39 is 6.04 Å². The second-order valence-electron chi connectivity index (χ2n) is 7.56. The average Bonchev–Trinajstić information content (AvgIpc) is 2.77. The summed E-state index contributed by atoms with van der Waals surface area (Å²) in [6, 6.07) is 13.2. The summed E-state index contributed by atoms with van der Waals surface area (Å²) in [5.74, 6) is -0.196. The van der Waals surface area contributed by atoms with Crippen LogP contribution in [-0.4, -0.2) is 54.0 Å². The Morgan fingerprint density at radius 1 is 1.03 bits per heavy atom. The molecule has 0 saturated carbocycles. The van der Waals surface area contributed by atoms with Gasteiger partial charge in [-0.3, -0.25) is 9.78 Å². The van der Waals surface area contributed by atoms with Crippen molar-refractivity contribution in [2.45, 2.75) is 26.4 Å². The number of hydrogen-bond donors (Lipinski definition) is 2. The molecular formula is C22H29N5O2. The van der Waals surface area contributed by atoms with Gasteiger partial charge in [0.05, 0.1) is 0 Å². The molecule has 3 rings (SSSR count). The van der Waals surface area contributed by atoms with E-state index in [9.17, 15) is 9.59 Å². The number of para-hydroxylation sites is 1. The molecule has 3 amide bonds. The third-order valence-corrected chi connectivity index (χ3v) is 5.11. The Labute approximate surface area is 172 Å². The fourth-order valence-corrected chi connectivity index (χ4v) is 3.37. The minimum Gasteiger partial charge on any atom is -0.368 e. The molecule has 2 N–H and O–H groups in total. The number of nitrogens with one attached hydrogen (secondary N) is 2. The van der Waals surface area contributed by atoms with Crippen molar-refractivity contribution in [2.75, 3.05) is 31.1 Å². The van der Waals surface area contributed by atoms with Gasteiger partial charge in [0.15, 0.2) is 0 Å². The van der Waals surface area contributed by atoms with Gasteiger partial charge in [0.2, 0.25) is 5.91 Å². The highest BCUT2D eigenvalue weighted by Gasteiger charge is 2.28. The predicted octanol–water partition coefficient (Wildman–Crippen LogP) is 2.25. The van der Waals surface area contributed by atoms with Crippen LogP contribution in [0.3, 0.4) is 0 Å². The van der Waals surface area contributed by atoms with Gasteiger partial charge in [0.1, 0.15) is 6.04 Å². The lowest BCUT2D eigenvalue weighted by molar-refractivity contribution is -0.124.